The van der Waals surface area contributed by atoms with Crippen molar-refractivity contribution < 1.29 is 0 Å². The van der Waals surface area contributed by atoms with Crippen LogP contribution >= 0.6 is 0 Å². The minimum absolute atomic E-state index is 0.0725. The van der Waals surface area contributed by atoms with Crippen LogP contribution in [-0.4, -0.2) is 38.0 Å². The summed E-state index contributed by atoms with van der Waals surface area (Å²) in [6, 6.07) is 0. The minimum atomic E-state index is 0.0725. The van der Waals surface area contributed by atoms with Crippen molar-refractivity contribution >= 4 is 0 Å². The van der Waals surface area contributed by atoms with Crippen LogP contribution in [0.25, 0.3) is 0 Å². The average Bonchev–Trinajstić information content (AvgIpc) is 2.27. The summed E-state index contributed by atoms with van der Waals surface area (Å²) in [6.45, 7) is 9.17. The number of likely N-dealkylation sites (tertiary alicyclic amines) is 1. The molecule has 1 aliphatic rings. The van der Waals surface area contributed by atoms with Gasteiger partial charge < -0.3 is 0 Å². The third-order valence-electron chi connectivity index (χ3n) is 4.50. The van der Waals surface area contributed by atoms with Crippen molar-refractivity contribution in [1.29, 1.82) is 0 Å². The molecule has 1 atom stereocenters. The second kappa shape index (κ2) is 4.02. The topological polar surface area (TPSA) is 41.9 Å². The van der Waals surface area contributed by atoms with Crippen molar-refractivity contribution in [1.82, 2.24) is 19.9 Å². The van der Waals surface area contributed by atoms with E-state index in [1.807, 2.05) is 0 Å². The molecule has 1 fully saturated rings. The Labute approximate surface area is 103 Å². The van der Waals surface area contributed by atoms with Crippen LogP contribution in [0.2, 0.25) is 0 Å². The molecule has 0 N–H and O–H groups in total. The molecule has 2 heterocycles. The lowest BCUT2D eigenvalue weighted by atomic mass is 9.72. The second-order valence-electron chi connectivity index (χ2n) is 6.11. The Hall–Kier alpha value is -1.03. The predicted octanol–water partition coefficient (Wildman–Crippen LogP) is 2.24. The maximum atomic E-state index is 4.33. The van der Waals surface area contributed by atoms with Gasteiger partial charge in [0.1, 0.15) is 18.5 Å². The largest absolute Gasteiger partial charge is 0.295 e. The second-order valence-corrected chi connectivity index (χ2v) is 6.11. The van der Waals surface area contributed by atoms with E-state index in [2.05, 4.69) is 54.6 Å². The van der Waals surface area contributed by atoms with Gasteiger partial charge in [-0.3, -0.25) is 4.90 Å². The summed E-state index contributed by atoms with van der Waals surface area (Å²) in [6.07, 6.45) is 5.49. The third-order valence-corrected chi connectivity index (χ3v) is 4.50. The molecule has 0 bridgehead atoms. The fourth-order valence-corrected chi connectivity index (χ4v) is 2.91. The highest BCUT2D eigenvalue weighted by Crippen LogP contribution is 2.44. The smallest absolute Gasteiger partial charge is 0.136 e. The molecule has 94 valence electrons. The van der Waals surface area contributed by atoms with Gasteiger partial charge in [-0.15, -0.1) is 0 Å². The van der Waals surface area contributed by atoms with Crippen molar-refractivity contribution in [2.45, 2.75) is 57.5 Å². The van der Waals surface area contributed by atoms with Crippen LogP contribution in [0.5, 0.6) is 0 Å². The number of hydrogen-bond donors (Lipinski definition) is 0. The van der Waals surface area contributed by atoms with Gasteiger partial charge >= 0.3 is 0 Å². The summed E-state index contributed by atoms with van der Waals surface area (Å²) >= 11 is 0. The van der Waals surface area contributed by atoms with Gasteiger partial charge in [-0.25, -0.2) is 15.0 Å². The molecular weight excluding hydrogens is 212 g/mol. The Bertz CT molecular complexity index is 386. The first-order valence-electron chi connectivity index (χ1n) is 6.21. The normalized spacial score (nSPS) is 27.9. The molecule has 17 heavy (non-hydrogen) atoms. The Kier molecular flexibility index (Phi) is 2.94. The third kappa shape index (κ3) is 2.06. The van der Waals surface area contributed by atoms with Gasteiger partial charge in [0.05, 0.1) is 0 Å². The van der Waals surface area contributed by atoms with E-state index >= 15 is 0 Å². The highest BCUT2D eigenvalue weighted by molar-refractivity contribution is 5.11. The Balaban J connectivity index is 2.33. The Morgan fingerprint density at radius 2 is 1.76 bits per heavy atom. The van der Waals surface area contributed by atoms with E-state index in [0.29, 0.717) is 5.92 Å². The van der Waals surface area contributed by atoms with Gasteiger partial charge in [-0.05, 0) is 47.6 Å². The van der Waals surface area contributed by atoms with Crippen molar-refractivity contribution in [3.8, 4) is 0 Å². The number of rotatable bonds is 1. The number of nitrogens with zero attached hydrogens (tertiary/aromatic N) is 4. The molecule has 1 aliphatic heterocycles. The molecule has 0 spiro atoms. The molecule has 4 nitrogen and oxygen atoms in total. The fourth-order valence-electron chi connectivity index (χ4n) is 2.91. The van der Waals surface area contributed by atoms with E-state index in [4.69, 9.17) is 0 Å². The molecule has 0 aliphatic carbocycles. The summed E-state index contributed by atoms with van der Waals surface area (Å²) in [4.78, 5) is 15.0. The monoisotopic (exact) mass is 234 g/mol. The van der Waals surface area contributed by atoms with E-state index in [-0.39, 0.29) is 11.1 Å². The lowest BCUT2D eigenvalue weighted by molar-refractivity contribution is -0.0209. The fraction of sp³-hybridized carbons (Fsp3) is 0.769. The minimum Gasteiger partial charge on any atom is -0.295 e. The van der Waals surface area contributed by atoms with Crippen molar-refractivity contribution in [3.63, 3.8) is 0 Å². The van der Waals surface area contributed by atoms with Crippen LogP contribution < -0.4 is 0 Å². The molecular formula is C13H22N4. The lowest BCUT2D eigenvalue weighted by Gasteiger charge is -2.54. The molecule has 1 aromatic rings. The van der Waals surface area contributed by atoms with E-state index in [0.717, 1.165) is 12.2 Å². The molecule has 0 saturated carbocycles. The first-order valence-corrected chi connectivity index (χ1v) is 6.21. The van der Waals surface area contributed by atoms with Crippen LogP contribution in [0, 0.1) is 0 Å². The van der Waals surface area contributed by atoms with Gasteiger partial charge in [0.25, 0.3) is 0 Å². The molecule has 1 saturated heterocycles. The summed E-state index contributed by atoms with van der Waals surface area (Å²) in [7, 11) is 2.20. The van der Waals surface area contributed by atoms with Crippen LogP contribution in [0.15, 0.2) is 12.7 Å². The van der Waals surface area contributed by atoms with Crippen LogP contribution in [0.1, 0.15) is 52.3 Å². The summed E-state index contributed by atoms with van der Waals surface area (Å²) in [5, 5.41) is 0. The zero-order valence-corrected chi connectivity index (χ0v) is 11.4. The number of piperidine rings is 1. The summed E-state index contributed by atoms with van der Waals surface area (Å²) in [5.74, 6) is 1.30. The van der Waals surface area contributed by atoms with Crippen molar-refractivity contribution in [2.75, 3.05) is 7.05 Å². The van der Waals surface area contributed by atoms with E-state index in [9.17, 15) is 0 Å². The quantitative estimate of drug-likeness (QED) is 0.747. The first-order chi connectivity index (χ1) is 7.86. The van der Waals surface area contributed by atoms with Gasteiger partial charge in [0.15, 0.2) is 0 Å². The molecule has 2 rings (SSSR count). The van der Waals surface area contributed by atoms with Crippen LogP contribution in [-0.2, 0) is 0 Å². The zero-order chi connectivity index (χ0) is 12.7. The van der Waals surface area contributed by atoms with Crippen molar-refractivity contribution in [2.24, 2.45) is 0 Å². The average molecular weight is 234 g/mol. The number of hydrogen-bond acceptors (Lipinski definition) is 4. The highest BCUT2D eigenvalue weighted by atomic mass is 15.2. The highest BCUT2D eigenvalue weighted by Gasteiger charge is 2.46. The molecule has 0 aromatic carbocycles. The van der Waals surface area contributed by atoms with Crippen LogP contribution in [0.4, 0.5) is 0 Å². The molecule has 0 amide bonds. The van der Waals surface area contributed by atoms with Gasteiger partial charge in [0.2, 0.25) is 0 Å². The van der Waals surface area contributed by atoms with E-state index in [1.54, 1.807) is 12.7 Å². The zero-order valence-electron chi connectivity index (χ0n) is 11.4. The standard InChI is InChI=1S/C13H22N4/c1-12(2)7-6-10(13(3,4)17(12)5)11-15-8-14-9-16-11/h8-10H,6-7H2,1-5H3. The molecule has 0 radical (unpaired) electrons. The summed E-state index contributed by atoms with van der Waals surface area (Å²) < 4.78 is 0. The predicted molar refractivity (Wildman–Crippen MR) is 67.7 cm³/mol. The number of aromatic nitrogens is 3. The Morgan fingerprint density at radius 1 is 1.18 bits per heavy atom. The van der Waals surface area contributed by atoms with Gasteiger partial charge in [-0.2, -0.15) is 0 Å². The lowest BCUT2D eigenvalue weighted by Crippen LogP contribution is -2.59. The molecule has 1 aromatic heterocycles. The molecule has 1 unspecified atom stereocenters. The first kappa shape index (κ1) is 12.4. The van der Waals surface area contributed by atoms with Gasteiger partial charge in [0, 0.05) is 17.0 Å². The SMILES string of the molecule is CN1C(C)(C)CCC(c2ncncn2)C1(C)C. The maximum Gasteiger partial charge on any atom is 0.136 e. The maximum absolute atomic E-state index is 4.33. The van der Waals surface area contributed by atoms with Crippen molar-refractivity contribution in [3.05, 3.63) is 18.5 Å². The molecule has 4 heteroatoms. The van der Waals surface area contributed by atoms with E-state index < -0.39 is 0 Å². The summed E-state index contributed by atoms with van der Waals surface area (Å²) in [5.41, 5.74) is 0.316. The van der Waals surface area contributed by atoms with E-state index in [1.165, 1.54) is 6.42 Å². The Morgan fingerprint density at radius 3 is 2.35 bits per heavy atom. The van der Waals surface area contributed by atoms with Gasteiger partial charge in [-0.1, -0.05) is 0 Å². The van der Waals surface area contributed by atoms with Crippen LogP contribution in [0.3, 0.4) is 0 Å². The number of likely N-dealkylation sites (N-methyl/N-ethyl adjacent to an activating group) is 1.